The first kappa shape index (κ1) is 25.8. The number of alkyl halides is 2. The first-order chi connectivity index (χ1) is 14.1. The molecule has 0 aromatic heterocycles. The summed E-state index contributed by atoms with van der Waals surface area (Å²) < 4.78 is 39.8. The minimum absolute atomic E-state index is 0.00811. The van der Waals surface area contributed by atoms with Crippen LogP contribution in [0.3, 0.4) is 0 Å². The fourth-order valence-corrected chi connectivity index (χ4v) is 9.43. The smallest absolute Gasteiger partial charge is 0.376 e. The van der Waals surface area contributed by atoms with E-state index in [0.717, 1.165) is 19.3 Å². The average Bonchev–Trinajstić information content (AvgIpc) is 3.08. The van der Waals surface area contributed by atoms with Gasteiger partial charge in [0.25, 0.3) is 0 Å². The van der Waals surface area contributed by atoms with Crippen LogP contribution >= 0.6 is 0 Å². The first-order valence-electron chi connectivity index (χ1n) is 12.3. The molecule has 2 fully saturated rings. The summed E-state index contributed by atoms with van der Waals surface area (Å²) in [7, 11) is -1.66. The number of carbonyl (C=O) groups is 1. The second kappa shape index (κ2) is 10.4. The lowest BCUT2D eigenvalue weighted by atomic mass is 9.61. The van der Waals surface area contributed by atoms with Crippen molar-refractivity contribution in [3.05, 3.63) is 0 Å². The van der Waals surface area contributed by atoms with Crippen molar-refractivity contribution in [3.8, 4) is 0 Å². The van der Waals surface area contributed by atoms with Gasteiger partial charge in [0.15, 0.2) is 8.32 Å². The molecule has 30 heavy (non-hydrogen) atoms. The van der Waals surface area contributed by atoms with Gasteiger partial charge in [-0.05, 0) is 80.3 Å². The third kappa shape index (κ3) is 5.28. The number of halogens is 2. The van der Waals surface area contributed by atoms with E-state index in [1.54, 1.807) is 6.92 Å². The van der Waals surface area contributed by atoms with Crippen LogP contribution in [0.25, 0.3) is 0 Å². The number of rotatable bonds is 11. The maximum atomic E-state index is 14.2. The molecule has 0 radical (unpaired) electrons. The molecule has 2 rings (SSSR count). The van der Waals surface area contributed by atoms with Gasteiger partial charge < -0.3 is 9.16 Å². The molecule has 0 bridgehead atoms. The van der Waals surface area contributed by atoms with E-state index in [1.807, 2.05) is 0 Å². The molecule has 2 aliphatic carbocycles. The summed E-state index contributed by atoms with van der Waals surface area (Å²) in [4.78, 5) is 11.6. The highest BCUT2D eigenvalue weighted by Crippen LogP contribution is 2.59. The molecule has 2 saturated carbocycles. The van der Waals surface area contributed by atoms with E-state index in [4.69, 9.17) is 4.43 Å². The number of ether oxygens (including phenoxy) is 1. The number of carbonyl (C=O) groups excluding carboxylic acids is 1. The molecule has 6 heteroatoms. The minimum Gasteiger partial charge on any atom is -0.462 e. The lowest BCUT2D eigenvalue weighted by Gasteiger charge is -2.49. The zero-order chi connectivity index (χ0) is 22.6. The van der Waals surface area contributed by atoms with Gasteiger partial charge in [0.2, 0.25) is 0 Å². The Morgan fingerprint density at radius 3 is 2.33 bits per heavy atom. The van der Waals surface area contributed by atoms with Crippen molar-refractivity contribution in [1.29, 1.82) is 0 Å². The second-order valence-electron chi connectivity index (χ2n) is 10.0. The van der Waals surface area contributed by atoms with Gasteiger partial charge in [0.1, 0.15) is 0 Å². The molecule has 1 unspecified atom stereocenters. The molecule has 0 heterocycles. The van der Waals surface area contributed by atoms with Crippen LogP contribution in [0.2, 0.25) is 18.1 Å². The van der Waals surface area contributed by atoms with Crippen LogP contribution in [-0.2, 0) is 14.0 Å². The average molecular weight is 447 g/mol. The fourth-order valence-electron chi connectivity index (χ4n) is 6.51. The van der Waals surface area contributed by atoms with Crippen molar-refractivity contribution >= 4 is 14.3 Å². The molecule has 3 nitrogen and oxygen atoms in total. The van der Waals surface area contributed by atoms with Gasteiger partial charge in [-0.25, -0.2) is 4.79 Å². The van der Waals surface area contributed by atoms with Crippen molar-refractivity contribution in [1.82, 2.24) is 0 Å². The van der Waals surface area contributed by atoms with Gasteiger partial charge in [-0.2, -0.15) is 8.78 Å². The molecule has 0 spiro atoms. The summed E-state index contributed by atoms with van der Waals surface area (Å²) in [6, 6.07) is 3.51. The molecule has 0 amide bonds. The Labute approximate surface area is 183 Å². The standard InChI is InChI=1S/C24H44F2O3Si/c1-7-28-22(27)24(25,26)17-15-18(5)19-13-14-20-21(12-11-16-23(19,20)6)29-30(8-2,9-3)10-4/h18-21H,7-17H2,1-6H3/t18?,19-,20+,21+,23-/m1/s1. The Morgan fingerprint density at radius 2 is 1.77 bits per heavy atom. The van der Waals surface area contributed by atoms with Gasteiger partial charge in [-0.3, -0.25) is 0 Å². The van der Waals surface area contributed by atoms with Gasteiger partial charge in [-0.15, -0.1) is 0 Å². The topological polar surface area (TPSA) is 35.5 Å². The third-order valence-electron chi connectivity index (χ3n) is 8.64. The van der Waals surface area contributed by atoms with E-state index in [1.165, 1.54) is 31.0 Å². The van der Waals surface area contributed by atoms with Crippen molar-refractivity contribution in [3.63, 3.8) is 0 Å². The second-order valence-corrected chi connectivity index (χ2v) is 14.8. The maximum Gasteiger partial charge on any atom is 0.376 e. The molecular weight excluding hydrogens is 402 g/mol. The predicted octanol–water partition coefficient (Wildman–Crippen LogP) is 7.21. The Bertz CT molecular complexity index is 558. The highest BCUT2D eigenvalue weighted by atomic mass is 28.4. The SMILES string of the molecule is CCOC(=O)C(F)(F)CCC(C)[C@H]1CC[C@H]2[C@@H](O[Si](CC)(CC)CC)CCC[C@]12C. The zero-order valence-corrected chi connectivity index (χ0v) is 21.1. The largest absolute Gasteiger partial charge is 0.462 e. The highest BCUT2D eigenvalue weighted by molar-refractivity contribution is 6.73. The van der Waals surface area contributed by atoms with Crippen LogP contribution in [0.5, 0.6) is 0 Å². The molecule has 0 aliphatic heterocycles. The van der Waals surface area contributed by atoms with Crippen LogP contribution in [-0.4, -0.2) is 32.9 Å². The molecule has 0 aromatic carbocycles. The minimum atomic E-state index is -3.38. The Balaban J connectivity index is 2.06. The normalized spacial score (nSPS) is 30.7. The van der Waals surface area contributed by atoms with E-state index in [9.17, 15) is 13.6 Å². The summed E-state index contributed by atoms with van der Waals surface area (Å²) in [5.41, 5.74) is 0.164. The van der Waals surface area contributed by atoms with E-state index in [0.29, 0.717) is 24.4 Å². The predicted molar refractivity (Wildman–Crippen MR) is 120 cm³/mol. The number of fused-ring (bicyclic) bond motifs is 1. The molecule has 0 saturated heterocycles. The summed E-state index contributed by atoms with van der Waals surface area (Å²) >= 11 is 0. The Kier molecular flexibility index (Phi) is 8.95. The fraction of sp³-hybridized carbons (Fsp3) is 0.958. The summed E-state index contributed by atoms with van der Waals surface area (Å²) in [5, 5.41) is 0. The Morgan fingerprint density at radius 1 is 1.13 bits per heavy atom. The van der Waals surface area contributed by atoms with Gasteiger partial charge in [0, 0.05) is 12.5 Å². The van der Waals surface area contributed by atoms with E-state index in [-0.39, 0.29) is 17.9 Å². The van der Waals surface area contributed by atoms with Crippen molar-refractivity contribution in [2.24, 2.45) is 23.2 Å². The van der Waals surface area contributed by atoms with Crippen molar-refractivity contribution in [2.75, 3.05) is 6.61 Å². The summed E-state index contributed by atoms with van der Waals surface area (Å²) in [6.45, 7) is 12.9. The lowest BCUT2D eigenvalue weighted by molar-refractivity contribution is -0.173. The molecule has 0 aromatic rings. The summed E-state index contributed by atoms with van der Waals surface area (Å²) in [6.07, 6.45) is 6.01. The summed E-state index contributed by atoms with van der Waals surface area (Å²) in [5.74, 6) is -3.62. The number of hydrogen-bond acceptors (Lipinski definition) is 3. The monoisotopic (exact) mass is 446 g/mol. The van der Waals surface area contributed by atoms with Crippen LogP contribution < -0.4 is 0 Å². The van der Waals surface area contributed by atoms with Crippen LogP contribution in [0, 0.1) is 23.2 Å². The Hall–Kier alpha value is -0.493. The van der Waals surface area contributed by atoms with Gasteiger partial charge in [-0.1, -0.05) is 41.0 Å². The first-order valence-corrected chi connectivity index (χ1v) is 14.8. The quantitative estimate of drug-likeness (QED) is 0.248. The third-order valence-corrected chi connectivity index (χ3v) is 13.3. The molecule has 0 N–H and O–H groups in total. The maximum absolute atomic E-state index is 14.2. The van der Waals surface area contributed by atoms with Gasteiger partial charge in [0.05, 0.1) is 6.61 Å². The van der Waals surface area contributed by atoms with E-state index >= 15 is 0 Å². The molecule has 176 valence electrons. The molecule has 5 atom stereocenters. The molecular formula is C24H44F2O3Si. The van der Waals surface area contributed by atoms with E-state index in [2.05, 4.69) is 39.4 Å². The number of esters is 1. The van der Waals surface area contributed by atoms with Crippen LogP contribution in [0.15, 0.2) is 0 Å². The van der Waals surface area contributed by atoms with Gasteiger partial charge >= 0.3 is 11.9 Å². The van der Waals surface area contributed by atoms with Crippen molar-refractivity contribution in [2.45, 2.75) is 117 Å². The van der Waals surface area contributed by atoms with E-state index < -0.39 is 26.6 Å². The number of hydrogen-bond donors (Lipinski definition) is 0. The molecule has 2 aliphatic rings. The van der Waals surface area contributed by atoms with Crippen LogP contribution in [0.1, 0.15) is 86.5 Å². The lowest BCUT2D eigenvalue weighted by Crippen LogP contribution is -2.48. The van der Waals surface area contributed by atoms with Crippen LogP contribution in [0.4, 0.5) is 8.78 Å². The highest BCUT2D eigenvalue weighted by Gasteiger charge is 2.54. The zero-order valence-electron chi connectivity index (χ0n) is 20.1. The van der Waals surface area contributed by atoms with Crippen molar-refractivity contribution < 1.29 is 22.7 Å².